The van der Waals surface area contributed by atoms with E-state index in [0.29, 0.717) is 5.56 Å². The highest BCUT2D eigenvalue weighted by Gasteiger charge is 2.46. The number of aliphatic hydroxyl groups excluding tert-OH is 3. The normalized spacial score (nSPS) is 22.2. The summed E-state index contributed by atoms with van der Waals surface area (Å²) < 4.78 is 43.6. The van der Waals surface area contributed by atoms with Gasteiger partial charge in [0.25, 0.3) is 0 Å². The van der Waals surface area contributed by atoms with Gasteiger partial charge in [-0.2, -0.15) is 0 Å². The lowest BCUT2D eigenvalue weighted by Crippen LogP contribution is -2.65. The SMILES string of the molecule is CC(=O)N[C@H]1C(O)[C@@H](O)C(CO)O[C@H]1Oc1cccc(C(=O)OCc2ccccc2)c1-c1cccc(NS(C)(=O)=O)c1. The van der Waals surface area contributed by atoms with E-state index in [-0.39, 0.29) is 29.2 Å². The van der Waals surface area contributed by atoms with Gasteiger partial charge in [0.05, 0.1) is 18.4 Å². The minimum Gasteiger partial charge on any atom is -0.462 e. The van der Waals surface area contributed by atoms with E-state index >= 15 is 0 Å². The molecule has 12 nitrogen and oxygen atoms in total. The first-order chi connectivity index (χ1) is 20.0. The molecule has 42 heavy (non-hydrogen) atoms. The predicted octanol–water partition coefficient (Wildman–Crippen LogP) is 1.40. The predicted molar refractivity (Wildman–Crippen MR) is 152 cm³/mol. The summed E-state index contributed by atoms with van der Waals surface area (Å²) in [5, 5.41) is 33.3. The van der Waals surface area contributed by atoms with Crippen molar-refractivity contribution < 1.29 is 47.5 Å². The fourth-order valence-electron chi connectivity index (χ4n) is 4.55. The fraction of sp³-hybridized carbons (Fsp3) is 0.310. The summed E-state index contributed by atoms with van der Waals surface area (Å²) in [6.07, 6.45) is -4.72. The molecular formula is C29H32N2O10S. The molecule has 1 heterocycles. The molecule has 1 aliphatic heterocycles. The molecule has 5 N–H and O–H groups in total. The van der Waals surface area contributed by atoms with Gasteiger partial charge in [-0.05, 0) is 35.4 Å². The van der Waals surface area contributed by atoms with Crippen LogP contribution in [0.3, 0.4) is 0 Å². The largest absolute Gasteiger partial charge is 0.462 e. The van der Waals surface area contributed by atoms with Crippen LogP contribution >= 0.6 is 0 Å². The van der Waals surface area contributed by atoms with Gasteiger partial charge < -0.3 is 34.8 Å². The van der Waals surface area contributed by atoms with Gasteiger partial charge in [-0.1, -0.05) is 48.5 Å². The molecule has 224 valence electrons. The summed E-state index contributed by atoms with van der Waals surface area (Å²) in [5.41, 5.74) is 1.63. The van der Waals surface area contributed by atoms with E-state index < -0.39 is 59.2 Å². The number of carbonyl (C=O) groups is 2. The number of hydrogen-bond acceptors (Lipinski definition) is 10. The Labute approximate surface area is 242 Å². The summed E-state index contributed by atoms with van der Waals surface area (Å²) in [6, 6.07) is 18.6. The minimum absolute atomic E-state index is 0.0154. The number of ether oxygens (including phenoxy) is 3. The van der Waals surface area contributed by atoms with E-state index in [1.54, 1.807) is 24.3 Å². The van der Waals surface area contributed by atoms with Crippen molar-refractivity contribution in [1.82, 2.24) is 5.32 Å². The molecule has 2 unspecified atom stereocenters. The summed E-state index contributed by atoms with van der Waals surface area (Å²) in [7, 11) is -3.62. The second-order valence-corrected chi connectivity index (χ2v) is 11.5. The number of nitrogens with one attached hydrogen (secondary N) is 2. The molecule has 0 aliphatic carbocycles. The minimum atomic E-state index is -3.62. The van der Waals surface area contributed by atoms with Gasteiger partial charge in [0.1, 0.15) is 36.7 Å². The maximum Gasteiger partial charge on any atom is 0.339 e. The zero-order valence-corrected chi connectivity index (χ0v) is 23.7. The number of carbonyl (C=O) groups excluding carboxylic acids is 2. The molecule has 5 atom stereocenters. The second kappa shape index (κ2) is 13.3. The van der Waals surface area contributed by atoms with Gasteiger partial charge in [0, 0.05) is 18.2 Å². The van der Waals surface area contributed by atoms with Crippen molar-refractivity contribution in [2.45, 2.75) is 44.2 Å². The van der Waals surface area contributed by atoms with Gasteiger partial charge in [0.15, 0.2) is 0 Å². The average molecular weight is 601 g/mol. The molecule has 1 amide bonds. The molecule has 4 rings (SSSR count). The highest BCUT2D eigenvalue weighted by molar-refractivity contribution is 7.92. The highest BCUT2D eigenvalue weighted by atomic mass is 32.2. The molecular weight excluding hydrogens is 568 g/mol. The number of esters is 1. The maximum atomic E-state index is 13.4. The number of amides is 1. The van der Waals surface area contributed by atoms with E-state index in [2.05, 4.69) is 10.0 Å². The van der Waals surface area contributed by atoms with Crippen LogP contribution < -0.4 is 14.8 Å². The molecule has 0 saturated carbocycles. The molecule has 13 heteroatoms. The Hall–Kier alpha value is -4.01. The lowest BCUT2D eigenvalue weighted by atomic mass is 9.96. The zero-order chi connectivity index (χ0) is 30.4. The number of anilines is 1. The van der Waals surface area contributed by atoms with Crippen molar-refractivity contribution in [1.29, 1.82) is 0 Å². The van der Waals surface area contributed by atoms with Crippen LogP contribution in [0.25, 0.3) is 11.1 Å². The van der Waals surface area contributed by atoms with Crippen LogP contribution in [0.15, 0.2) is 72.8 Å². The Morgan fingerprint density at radius 3 is 2.36 bits per heavy atom. The molecule has 3 aromatic carbocycles. The quantitative estimate of drug-likeness (QED) is 0.214. The van der Waals surface area contributed by atoms with Crippen molar-refractivity contribution in [2.75, 3.05) is 17.6 Å². The number of benzene rings is 3. The van der Waals surface area contributed by atoms with Gasteiger partial charge in [-0.15, -0.1) is 0 Å². The first-order valence-electron chi connectivity index (χ1n) is 13.0. The van der Waals surface area contributed by atoms with Gasteiger partial charge in [-0.3, -0.25) is 9.52 Å². The first kappa shape index (κ1) is 30.9. The van der Waals surface area contributed by atoms with Crippen molar-refractivity contribution in [3.05, 3.63) is 83.9 Å². The van der Waals surface area contributed by atoms with Crippen LogP contribution in [0.1, 0.15) is 22.8 Å². The van der Waals surface area contributed by atoms with E-state index in [9.17, 15) is 33.3 Å². The number of hydrogen-bond donors (Lipinski definition) is 5. The summed E-state index contributed by atoms with van der Waals surface area (Å²) >= 11 is 0. The highest BCUT2D eigenvalue weighted by Crippen LogP contribution is 2.37. The lowest BCUT2D eigenvalue weighted by molar-refractivity contribution is -0.244. The summed E-state index contributed by atoms with van der Waals surface area (Å²) in [4.78, 5) is 25.3. The fourth-order valence-corrected chi connectivity index (χ4v) is 5.10. The number of aliphatic hydroxyl groups is 3. The van der Waals surface area contributed by atoms with Gasteiger partial charge in [0.2, 0.25) is 22.2 Å². The molecule has 3 aromatic rings. The van der Waals surface area contributed by atoms with Crippen LogP contribution in [0.4, 0.5) is 5.69 Å². The Kier molecular flexibility index (Phi) is 9.81. The smallest absolute Gasteiger partial charge is 0.339 e. The van der Waals surface area contributed by atoms with Crippen molar-refractivity contribution in [3.63, 3.8) is 0 Å². The van der Waals surface area contributed by atoms with E-state index in [1.165, 1.54) is 37.3 Å². The maximum absolute atomic E-state index is 13.4. The Morgan fingerprint density at radius 2 is 1.69 bits per heavy atom. The van der Waals surface area contributed by atoms with E-state index in [1.807, 2.05) is 18.2 Å². The van der Waals surface area contributed by atoms with Crippen LogP contribution in [0.5, 0.6) is 5.75 Å². The third kappa shape index (κ3) is 7.63. The molecule has 0 spiro atoms. The Morgan fingerprint density at radius 1 is 0.976 bits per heavy atom. The third-order valence-corrected chi connectivity index (χ3v) is 7.01. The van der Waals surface area contributed by atoms with Crippen molar-refractivity contribution in [3.8, 4) is 16.9 Å². The first-order valence-corrected chi connectivity index (χ1v) is 14.8. The molecule has 0 aromatic heterocycles. The molecule has 1 aliphatic rings. The zero-order valence-electron chi connectivity index (χ0n) is 22.8. The topological polar surface area (TPSA) is 181 Å². The second-order valence-electron chi connectivity index (χ2n) is 9.75. The monoisotopic (exact) mass is 600 g/mol. The molecule has 0 bridgehead atoms. The third-order valence-electron chi connectivity index (χ3n) is 6.41. The lowest BCUT2D eigenvalue weighted by Gasteiger charge is -2.42. The number of sulfonamides is 1. The van der Waals surface area contributed by atoms with E-state index in [0.717, 1.165) is 11.8 Å². The van der Waals surface area contributed by atoms with Gasteiger partial charge >= 0.3 is 5.97 Å². The Bertz CT molecular complexity index is 1520. The summed E-state index contributed by atoms with van der Waals surface area (Å²) in [6.45, 7) is 0.546. The molecule has 0 radical (unpaired) electrons. The van der Waals surface area contributed by atoms with Crippen LogP contribution in [-0.4, -0.2) is 79.1 Å². The Balaban J connectivity index is 1.77. The van der Waals surface area contributed by atoms with Gasteiger partial charge in [-0.25, -0.2) is 13.2 Å². The molecule has 1 saturated heterocycles. The number of rotatable bonds is 10. The van der Waals surface area contributed by atoms with Crippen LogP contribution in [-0.2, 0) is 30.9 Å². The van der Waals surface area contributed by atoms with Crippen LogP contribution in [0, 0.1) is 0 Å². The van der Waals surface area contributed by atoms with Crippen LogP contribution in [0.2, 0.25) is 0 Å². The van der Waals surface area contributed by atoms with E-state index in [4.69, 9.17) is 14.2 Å². The van der Waals surface area contributed by atoms with Crippen molar-refractivity contribution in [2.24, 2.45) is 0 Å². The van der Waals surface area contributed by atoms with Crippen molar-refractivity contribution >= 4 is 27.6 Å². The average Bonchev–Trinajstić information content (AvgIpc) is 2.95. The summed E-state index contributed by atoms with van der Waals surface area (Å²) in [5.74, 6) is -1.18. The molecule has 1 fully saturated rings. The standard InChI is InChI=1S/C29H32N2O10S/c1-17(33)30-25-27(35)26(34)23(15-32)41-29(25)40-22-13-7-12-21(28(36)39-16-18-8-4-3-5-9-18)24(22)19-10-6-11-20(14-19)31-42(2,37)38/h3-14,23,25-27,29,31-32,34-35H,15-16H2,1-2H3,(H,30,33)/t23?,25-,26-,27?,29+/m0/s1.